The lowest BCUT2D eigenvalue weighted by atomic mass is 10.1. The minimum atomic E-state index is -4.83. The van der Waals surface area contributed by atoms with E-state index in [0.29, 0.717) is 24.0 Å². The van der Waals surface area contributed by atoms with Crippen LogP contribution in [0.4, 0.5) is 36.8 Å². The molecule has 2 amide bonds. The monoisotopic (exact) mass is 402 g/mol. The summed E-state index contributed by atoms with van der Waals surface area (Å²) < 4.78 is 81.3. The lowest BCUT2D eigenvalue weighted by Crippen LogP contribution is -2.38. The summed E-state index contributed by atoms with van der Waals surface area (Å²) in [6, 6.07) is -0.232. The maximum Gasteiger partial charge on any atom is 0.425 e. The van der Waals surface area contributed by atoms with Gasteiger partial charge in [0.2, 0.25) is 0 Å². The number of urea groups is 1. The summed E-state index contributed by atoms with van der Waals surface area (Å²) in [5.41, 5.74) is -1.62. The number of carboxylic acid groups (broad SMARTS) is 1. The SMILES string of the molecule is CCN(CC(F)F)C(=O)Nc1cc(O[C@@H](C)C(F)(F)F)c(C(=O)O)cc1F. The van der Waals surface area contributed by atoms with E-state index in [1.54, 1.807) is 0 Å². The fourth-order valence-electron chi connectivity index (χ4n) is 1.89. The summed E-state index contributed by atoms with van der Waals surface area (Å²) in [5, 5.41) is 10.9. The smallest absolute Gasteiger partial charge is 0.425 e. The first-order valence-corrected chi connectivity index (χ1v) is 7.51. The lowest BCUT2D eigenvalue weighted by molar-refractivity contribution is -0.189. The number of carbonyl (C=O) groups is 2. The first kappa shape index (κ1) is 22.4. The van der Waals surface area contributed by atoms with Gasteiger partial charge < -0.3 is 20.1 Å². The Bertz CT molecular complexity index is 696. The average molecular weight is 402 g/mol. The molecule has 27 heavy (non-hydrogen) atoms. The van der Waals surface area contributed by atoms with Crippen molar-refractivity contribution in [1.82, 2.24) is 4.90 Å². The summed E-state index contributed by atoms with van der Waals surface area (Å²) in [6.07, 6.45) is -10.1. The van der Waals surface area contributed by atoms with E-state index in [-0.39, 0.29) is 6.54 Å². The van der Waals surface area contributed by atoms with Crippen molar-refractivity contribution in [3.8, 4) is 5.75 Å². The predicted molar refractivity (Wildman–Crippen MR) is 81.8 cm³/mol. The number of nitrogens with zero attached hydrogens (tertiary/aromatic N) is 1. The molecule has 0 saturated heterocycles. The van der Waals surface area contributed by atoms with E-state index in [9.17, 15) is 35.9 Å². The Labute approximate surface area is 149 Å². The molecule has 0 spiro atoms. The third-order valence-corrected chi connectivity index (χ3v) is 3.33. The zero-order chi connectivity index (χ0) is 20.9. The van der Waals surface area contributed by atoms with Gasteiger partial charge in [-0.2, -0.15) is 13.2 Å². The van der Waals surface area contributed by atoms with Gasteiger partial charge in [0, 0.05) is 12.6 Å². The van der Waals surface area contributed by atoms with E-state index in [0.717, 1.165) is 0 Å². The molecule has 1 atom stereocenters. The summed E-state index contributed by atoms with van der Waals surface area (Å²) in [4.78, 5) is 23.7. The van der Waals surface area contributed by atoms with Crippen molar-refractivity contribution in [2.75, 3.05) is 18.4 Å². The van der Waals surface area contributed by atoms with Gasteiger partial charge in [0.1, 0.15) is 17.1 Å². The third-order valence-electron chi connectivity index (χ3n) is 3.33. The molecule has 12 heteroatoms. The van der Waals surface area contributed by atoms with Crippen LogP contribution in [0.25, 0.3) is 0 Å². The van der Waals surface area contributed by atoms with Crippen LogP contribution in [-0.4, -0.2) is 53.8 Å². The topological polar surface area (TPSA) is 78.9 Å². The molecule has 6 nitrogen and oxygen atoms in total. The fraction of sp³-hybridized carbons (Fsp3) is 0.467. The fourth-order valence-corrected chi connectivity index (χ4v) is 1.89. The molecule has 1 aromatic carbocycles. The van der Waals surface area contributed by atoms with Crippen LogP contribution < -0.4 is 10.1 Å². The molecule has 0 radical (unpaired) electrons. The molecule has 1 aromatic rings. The molecule has 0 aromatic heterocycles. The Balaban J connectivity index is 3.19. The zero-order valence-corrected chi connectivity index (χ0v) is 14.1. The van der Waals surface area contributed by atoms with E-state index < -0.39 is 60.1 Å². The van der Waals surface area contributed by atoms with Crippen LogP contribution >= 0.6 is 0 Å². The number of alkyl halides is 5. The molecule has 2 N–H and O–H groups in total. The Morgan fingerprint density at radius 2 is 1.89 bits per heavy atom. The highest BCUT2D eigenvalue weighted by Gasteiger charge is 2.39. The minimum Gasteiger partial charge on any atom is -0.480 e. The second-order valence-corrected chi connectivity index (χ2v) is 5.29. The first-order chi connectivity index (χ1) is 12.4. The summed E-state index contributed by atoms with van der Waals surface area (Å²) in [7, 11) is 0. The van der Waals surface area contributed by atoms with E-state index >= 15 is 0 Å². The van der Waals surface area contributed by atoms with Crippen molar-refractivity contribution in [2.24, 2.45) is 0 Å². The van der Waals surface area contributed by atoms with Crippen LogP contribution in [0.15, 0.2) is 12.1 Å². The van der Waals surface area contributed by atoms with Gasteiger partial charge in [0.25, 0.3) is 6.43 Å². The summed E-state index contributed by atoms with van der Waals surface area (Å²) in [6.45, 7) is 0.880. The number of hydrogen-bond donors (Lipinski definition) is 2. The number of anilines is 1. The van der Waals surface area contributed by atoms with Crippen molar-refractivity contribution >= 4 is 17.7 Å². The molecule has 0 fully saturated rings. The molecule has 0 heterocycles. The molecule has 0 aliphatic rings. The van der Waals surface area contributed by atoms with Crippen LogP contribution in [0, 0.1) is 5.82 Å². The number of carboxylic acids is 1. The van der Waals surface area contributed by atoms with Crippen molar-refractivity contribution in [2.45, 2.75) is 32.6 Å². The average Bonchev–Trinajstić information content (AvgIpc) is 2.53. The number of ether oxygens (including phenoxy) is 1. The molecule has 1 rings (SSSR count). The Kier molecular flexibility index (Phi) is 7.31. The van der Waals surface area contributed by atoms with E-state index in [1.807, 2.05) is 5.32 Å². The Hall–Kier alpha value is -2.66. The molecular weight excluding hydrogens is 386 g/mol. The highest BCUT2D eigenvalue weighted by molar-refractivity contribution is 5.94. The molecule has 0 saturated carbocycles. The number of rotatable bonds is 7. The van der Waals surface area contributed by atoms with E-state index in [2.05, 4.69) is 4.74 Å². The van der Waals surface area contributed by atoms with E-state index in [1.165, 1.54) is 6.92 Å². The lowest BCUT2D eigenvalue weighted by Gasteiger charge is -2.22. The molecule has 0 aliphatic heterocycles. The van der Waals surface area contributed by atoms with Gasteiger partial charge in [-0.15, -0.1) is 0 Å². The van der Waals surface area contributed by atoms with Crippen molar-refractivity contribution in [1.29, 1.82) is 0 Å². The van der Waals surface area contributed by atoms with Gasteiger partial charge in [-0.05, 0) is 19.9 Å². The van der Waals surface area contributed by atoms with Gasteiger partial charge in [-0.25, -0.2) is 22.8 Å². The number of amides is 2. The normalized spacial score (nSPS) is 12.6. The highest BCUT2D eigenvalue weighted by Crippen LogP contribution is 2.31. The minimum absolute atomic E-state index is 0.153. The van der Waals surface area contributed by atoms with Crippen LogP contribution in [0.3, 0.4) is 0 Å². The number of aromatic carboxylic acids is 1. The van der Waals surface area contributed by atoms with Crippen LogP contribution in [0.5, 0.6) is 5.75 Å². The number of benzene rings is 1. The predicted octanol–water partition coefficient (Wildman–Crippen LogP) is 3.97. The van der Waals surface area contributed by atoms with Crippen LogP contribution in [0.2, 0.25) is 0 Å². The van der Waals surface area contributed by atoms with Gasteiger partial charge in [0.15, 0.2) is 6.10 Å². The summed E-state index contributed by atoms with van der Waals surface area (Å²) in [5.74, 6) is -3.90. The summed E-state index contributed by atoms with van der Waals surface area (Å²) >= 11 is 0. The number of hydrogen-bond acceptors (Lipinski definition) is 3. The third kappa shape index (κ3) is 6.22. The van der Waals surface area contributed by atoms with Crippen molar-refractivity contribution in [3.05, 3.63) is 23.5 Å². The highest BCUT2D eigenvalue weighted by atomic mass is 19.4. The van der Waals surface area contributed by atoms with E-state index in [4.69, 9.17) is 5.11 Å². The van der Waals surface area contributed by atoms with Crippen molar-refractivity contribution in [3.63, 3.8) is 0 Å². The van der Waals surface area contributed by atoms with Crippen LogP contribution in [-0.2, 0) is 0 Å². The largest absolute Gasteiger partial charge is 0.480 e. The van der Waals surface area contributed by atoms with Crippen LogP contribution in [0.1, 0.15) is 24.2 Å². The molecular formula is C15H16F6N2O4. The second kappa shape index (κ2) is 8.82. The number of halogens is 6. The molecule has 0 bridgehead atoms. The standard InChI is InChI=1S/C15H16F6N2O4/c1-3-23(6-12(17)18)14(26)22-10-5-11(27-7(2)15(19,20)21)8(13(24)25)4-9(10)16/h4-5,7,12H,3,6H2,1-2H3,(H,22,26)(H,24,25)/t7-/m0/s1. The van der Waals surface area contributed by atoms with Crippen molar-refractivity contribution < 1.29 is 45.8 Å². The molecule has 152 valence electrons. The molecule has 0 aliphatic carbocycles. The second-order valence-electron chi connectivity index (χ2n) is 5.29. The van der Waals surface area contributed by atoms with Gasteiger partial charge in [0.05, 0.1) is 12.2 Å². The maximum absolute atomic E-state index is 14.0. The Morgan fingerprint density at radius 1 is 1.30 bits per heavy atom. The quantitative estimate of drug-likeness (QED) is 0.677. The molecule has 0 unspecified atom stereocenters. The van der Waals surface area contributed by atoms with Gasteiger partial charge in [-0.1, -0.05) is 0 Å². The number of nitrogens with one attached hydrogen (secondary N) is 1. The van der Waals surface area contributed by atoms with Gasteiger partial charge in [-0.3, -0.25) is 0 Å². The maximum atomic E-state index is 14.0. The Morgan fingerprint density at radius 3 is 2.33 bits per heavy atom. The van der Waals surface area contributed by atoms with Gasteiger partial charge >= 0.3 is 18.2 Å². The zero-order valence-electron chi connectivity index (χ0n) is 14.1. The number of carbonyl (C=O) groups excluding carboxylic acids is 1. The first-order valence-electron chi connectivity index (χ1n) is 7.51.